The lowest BCUT2D eigenvalue weighted by atomic mass is 9.66. The van der Waals surface area contributed by atoms with E-state index < -0.39 is 11.0 Å². The van der Waals surface area contributed by atoms with Gasteiger partial charge >= 0.3 is 6.03 Å². The topological polar surface area (TPSA) is 109 Å². The number of amides is 2. The van der Waals surface area contributed by atoms with E-state index in [1.165, 1.54) is 12.5 Å². The Morgan fingerprint density at radius 1 is 1.16 bits per heavy atom. The first kappa shape index (κ1) is 24.1. The molecule has 2 N–H and O–H groups in total. The SMILES string of the molecule is Cn1c2ncncc2c(=O)n1CC1(O)CCN(C(=O)N2CCNCC2c2ccccc2)CC12CCCC2. The highest BCUT2D eigenvalue weighted by atomic mass is 16.3. The van der Waals surface area contributed by atoms with Crippen LogP contribution in [-0.2, 0) is 13.6 Å². The molecule has 1 saturated carbocycles. The average molecular weight is 506 g/mol. The van der Waals surface area contributed by atoms with Crippen molar-refractivity contribution in [2.75, 3.05) is 32.7 Å². The minimum Gasteiger partial charge on any atom is -0.387 e. The summed E-state index contributed by atoms with van der Waals surface area (Å²) in [4.78, 5) is 39.4. The molecule has 3 fully saturated rings. The number of aromatic nitrogens is 4. The number of nitrogens with one attached hydrogen (secondary N) is 1. The van der Waals surface area contributed by atoms with E-state index in [4.69, 9.17) is 0 Å². The Morgan fingerprint density at radius 2 is 1.95 bits per heavy atom. The van der Waals surface area contributed by atoms with Crippen molar-refractivity contribution in [2.45, 2.75) is 50.3 Å². The van der Waals surface area contributed by atoms with Crippen LogP contribution in [0.2, 0.25) is 0 Å². The van der Waals surface area contributed by atoms with Crippen molar-refractivity contribution in [3.63, 3.8) is 0 Å². The van der Waals surface area contributed by atoms with Crippen molar-refractivity contribution in [3.8, 4) is 0 Å². The van der Waals surface area contributed by atoms with E-state index in [1.807, 2.05) is 28.0 Å². The normalized spacial score (nSPS) is 25.7. The lowest BCUT2D eigenvalue weighted by Crippen LogP contribution is -2.64. The van der Waals surface area contributed by atoms with Gasteiger partial charge in [0.15, 0.2) is 5.65 Å². The van der Waals surface area contributed by atoms with Gasteiger partial charge in [-0.3, -0.25) is 9.48 Å². The number of urea groups is 1. The maximum Gasteiger partial charge on any atom is 0.320 e. The smallest absolute Gasteiger partial charge is 0.320 e. The molecule has 10 heteroatoms. The third-order valence-electron chi connectivity index (χ3n) is 9.02. The molecule has 3 aromatic rings. The van der Waals surface area contributed by atoms with E-state index in [0.717, 1.165) is 44.3 Å². The molecule has 2 saturated heterocycles. The first-order chi connectivity index (χ1) is 17.9. The molecule has 1 spiro atoms. The fourth-order valence-corrected chi connectivity index (χ4v) is 6.90. The number of carbonyl (C=O) groups excluding carboxylic acids is 1. The van der Waals surface area contributed by atoms with Gasteiger partial charge in [0.25, 0.3) is 5.56 Å². The first-order valence-electron chi connectivity index (χ1n) is 13.3. The second kappa shape index (κ2) is 9.25. The summed E-state index contributed by atoms with van der Waals surface area (Å²) in [6.07, 6.45) is 7.11. The molecule has 6 rings (SSSR count). The van der Waals surface area contributed by atoms with Gasteiger partial charge in [-0.25, -0.2) is 19.4 Å². The number of fused-ring (bicyclic) bond motifs is 1. The predicted octanol–water partition coefficient (Wildman–Crippen LogP) is 1.89. The average Bonchev–Trinajstić information content (AvgIpc) is 3.51. The summed E-state index contributed by atoms with van der Waals surface area (Å²) in [5, 5.41) is 16.1. The summed E-state index contributed by atoms with van der Waals surface area (Å²) in [7, 11) is 1.80. The van der Waals surface area contributed by atoms with Crippen LogP contribution in [0.15, 0.2) is 47.7 Å². The number of likely N-dealkylation sites (tertiary alicyclic amines) is 1. The van der Waals surface area contributed by atoms with Gasteiger partial charge in [-0.05, 0) is 24.8 Å². The molecule has 2 amide bonds. The van der Waals surface area contributed by atoms with E-state index in [9.17, 15) is 14.7 Å². The van der Waals surface area contributed by atoms with Crippen LogP contribution in [0.1, 0.15) is 43.7 Å². The Morgan fingerprint density at radius 3 is 2.70 bits per heavy atom. The van der Waals surface area contributed by atoms with Gasteiger partial charge in [0, 0.05) is 51.4 Å². The maximum atomic E-state index is 13.9. The van der Waals surface area contributed by atoms with Crippen LogP contribution in [0.4, 0.5) is 4.79 Å². The van der Waals surface area contributed by atoms with Crippen LogP contribution >= 0.6 is 0 Å². The van der Waals surface area contributed by atoms with Gasteiger partial charge in [0.05, 0.1) is 18.2 Å². The Bertz CT molecular complexity index is 1350. The monoisotopic (exact) mass is 505 g/mol. The number of carbonyl (C=O) groups is 1. The Hall–Kier alpha value is -3.24. The Balaban J connectivity index is 1.28. The summed E-state index contributed by atoms with van der Waals surface area (Å²) in [6.45, 7) is 3.29. The van der Waals surface area contributed by atoms with Gasteiger partial charge in [-0.15, -0.1) is 0 Å². The van der Waals surface area contributed by atoms with Crippen molar-refractivity contribution in [2.24, 2.45) is 12.5 Å². The zero-order chi connectivity index (χ0) is 25.6. The molecule has 4 heterocycles. The van der Waals surface area contributed by atoms with Gasteiger partial charge < -0.3 is 20.2 Å². The zero-order valence-electron chi connectivity index (χ0n) is 21.3. The number of aliphatic hydroxyl groups is 1. The van der Waals surface area contributed by atoms with Crippen LogP contribution < -0.4 is 10.9 Å². The van der Waals surface area contributed by atoms with E-state index >= 15 is 0 Å². The van der Waals surface area contributed by atoms with Gasteiger partial charge in [-0.2, -0.15) is 0 Å². The second-order valence-electron chi connectivity index (χ2n) is 10.9. The fourth-order valence-electron chi connectivity index (χ4n) is 6.90. The molecule has 2 aromatic heterocycles. The van der Waals surface area contributed by atoms with Crippen molar-refractivity contribution in [1.29, 1.82) is 0 Å². The molecule has 2 atom stereocenters. The maximum absolute atomic E-state index is 13.9. The lowest BCUT2D eigenvalue weighted by Gasteiger charge is -2.53. The molecule has 0 radical (unpaired) electrons. The quantitative estimate of drug-likeness (QED) is 0.563. The molecule has 0 bridgehead atoms. The molecule has 1 aliphatic carbocycles. The lowest BCUT2D eigenvalue weighted by molar-refractivity contribution is -0.139. The number of benzene rings is 1. The molecular formula is C27H35N7O3. The predicted molar refractivity (Wildman–Crippen MR) is 139 cm³/mol. The van der Waals surface area contributed by atoms with Gasteiger partial charge in [0.1, 0.15) is 11.7 Å². The molecule has 10 nitrogen and oxygen atoms in total. The van der Waals surface area contributed by atoms with Crippen molar-refractivity contribution < 1.29 is 9.90 Å². The van der Waals surface area contributed by atoms with E-state index in [0.29, 0.717) is 37.1 Å². The zero-order valence-corrected chi connectivity index (χ0v) is 21.3. The molecular weight excluding hydrogens is 470 g/mol. The largest absolute Gasteiger partial charge is 0.387 e. The summed E-state index contributed by atoms with van der Waals surface area (Å²) in [5.74, 6) is 0. The van der Waals surface area contributed by atoms with Gasteiger partial charge in [-0.1, -0.05) is 43.2 Å². The van der Waals surface area contributed by atoms with Crippen molar-refractivity contribution >= 4 is 17.1 Å². The molecule has 196 valence electrons. The van der Waals surface area contributed by atoms with Crippen LogP contribution in [0, 0.1) is 5.41 Å². The van der Waals surface area contributed by atoms with Crippen LogP contribution in [-0.4, -0.2) is 78.6 Å². The van der Waals surface area contributed by atoms with Crippen LogP contribution in [0.25, 0.3) is 11.0 Å². The Labute approximate surface area is 215 Å². The van der Waals surface area contributed by atoms with Crippen LogP contribution in [0.3, 0.4) is 0 Å². The number of piperazine rings is 1. The summed E-state index contributed by atoms with van der Waals surface area (Å²) < 4.78 is 3.32. The minimum absolute atomic E-state index is 0.0155. The van der Waals surface area contributed by atoms with E-state index in [1.54, 1.807) is 16.4 Å². The number of rotatable bonds is 3. The standard InChI is InChI=1S/C27H35N7O3/c1-31-23-21(15-29-19-30-23)24(35)34(31)18-27(37)11-13-32(17-26(27)9-5-6-10-26)25(36)33-14-12-28-16-22(33)20-7-3-2-4-8-20/h2-4,7-8,15,19,22,28,37H,5-6,9-14,16-18H2,1H3. The van der Waals surface area contributed by atoms with E-state index in [2.05, 4.69) is 27.4 Å². The first-order valence-corrected chi connectivity index (χ1v) is 13.3. The summed E-state index contributed by atoms with van der Waals surface area (Å²) >= 11 is 0. The van der Waals surface area contributed by atoms with Crippen molar-refractivity contribution in [3.05, 3.63) is 58.8 Å². The highest BCUT2D eigenvalue weighted by Crippen LogP contribution is 2.52. The van der Waals surface area contributed by atoms with Crippen molar-refractivity contribution in [1.82, 2.24) is 34.4 Å². The summed E-state index contributed by atoms with van der Waals surface area (Å²) in [6, 6.07) is 10.2. The van der Waals surface area contributed by atoms with Crippen LogP contribution in [0.5, 0.6) is 0 Å². The second-order valence-corrected chi connectivity index (χ2v) is 10.9. The molecule has 37 heavy (non-hydrogen) atoms. The third-order valence-corrected chi connectivity index (χ3v) is 9.02. The number of hydrogen-bond acceptors (Lipinski definition) is 6. The molecule has 1 aromatic carbocycles. The highest BCUT2D eigenvalue weighted by Gasteiger charge is 2.56. The number of piperidine rings is 1. The number of nitrogens with zero attached hydrogens (tertiary/aromatic N) is 6. The molecule has 3 aliphatic rings. The number of aryl methyl sites for hydroxylation is 1. The third kappa shape index (κ3) is 3.93. The molecule has 2 unspecified atom stereocenters. The number of hydrogen-bond donors (Lipinski definition) is 2. The van der Waals surface area contributed by atoms with Gasteiger partial charge in [0.2, 0.25) is 0 Å². The highest BCUT2D eigenvalue weighted by molar-refractivity contribution is 5.76. The Kier molecular flexibility index (Phi) is 6.03. The molecule has 2 aliphatic heterocycles. The minimum atomic E-state index is -1.10. The summed E-state index contributed by atoms with van der Waals surface area (Å²) in [5.41, 5.74) is -0.0433. The fraction of sp³-hybridized carbons (Fsp3) is 0.556. The van der Waals surface area contributed by atoms with E-state index in [-0.39, 0.29) is 24.2 Å².